The second-order valence-electron chi connectivity index (χ2n) is 8.17. The molecule has 172 valence electrons. The number of benzene rings is 3. The van der Waals surface area contributed by atoms with Gasteiger partial charge in [0.25, 0.3) is 0 Å². The smallest absolute Gasteiger partial charge is 0.241 e. The number of carbonyl (C=O) groups is 1. The van der Waals surface area contributed by atoms with Crippen LogP contribution in [0.2, 0.25) is 0 Å². The number of nitrogens with two attached hydrogens (primary N) is 1. The van der Waals surface area contributed by atoms with Gasteiger partial charge in [0, 0.05) is 6.04 Å². The number of rotatable bonds is 6. The van der Waals surface area contributed by atoms with Gasteiger partial charge in [0.2, 0.25) is 15.9 Å². The van der Waals surface area contributed by atoms with E-state index in [2.05, 4.69) is 0 Å². The van der Waals surface area contributed by atoms with E-state index in [1.807, 2.05) is 78.4 Å². The molecule has 1 heterocycles. The van der Waals surface area contributed by atoms with Gasteiger partial charge in [-0.1, -0.05) is 54.6 Å². The quantitative estimate of drug-likeness (QED) is 0.602. The Kier molecular flexibility index (Phi) is 6.51. The van der Waals surface area contributed by atoms with Crippen molar-refractivity contribution in [2.75, 3.05) is 25.1 Å². The van der Waals surface area contributed by atoms with Crippen LogP contribution in [0, 0.1) is 0 Å². The molecule has 0 aliphatic carbocycles. The van der Waals surface area contributed by atoms with Crippen molar-refractivity contribution < 1.29 is 17.9 Å². The topological polar surface area (TPSA) is 92.9 Å². The van der Waals surface area contributed by atoms with Crippen LogP contribution < -0.4 is 14.8 Å². The largest absolute Gasteiger partial charge is 0.489 e. The van der Waals surface area contributed by atoms with Gasteiger partial charge in [-0.2, -0.15) is 0 Å². The summed E-state index contributed by atoms with van der Waals surface area (Å²) in [5.74, 6) is 0.641. The fraction of sp³-hybridized carbons (Fsp3) is 0.240. The van der Waals surface area contributed by atoms with Crippen LogP contribution in [0.1, 0.15) is 30.1 Å². The van der Waals surface area contributed by atoms with E-state index in [1.165, 1.54) is 12.1 Å². The Morgan fingerprint density at radius 2 is 1.70 bits per heavy atom. The summed E-state index contributed by atoms with van der Waals surface area (Å²) in [5.41, 5.74) is 2.65. The third-order valence-electron chi connectivity index (χ3n) is 6.02. The molecule has 3 aromatic rings. The number of primary sulfonamides is 1. The molecule has 1 aliphatic heterocycles. The molecule has 7 nitrogen and oxygen atoms in total. The number of para-hydroxylation sites is 2. The minimum Gasteiger partial charge on any atom is -0.489 e. The van der Waals surface area contributed by atoms with Crippen molar-refractivity contribution in [3.63, 3.8) is 0 Å². The molecule has 0 spiro atoms. The van der Waals surface area contributed by atoms with Gasteiger partial charge in [-0.05, 0) is 49.4 Å². The maximum atomic E-state index is 13.6. The van der Waals surface area contributed by atoms with Crippen molar-refractivity contribution in [1.82, 2.24) is 4.90 Å². The summed E-state index contributed by atoms with van der Waals surface area (Å²) in [4.78, 5) is 17.4. The number of ether oxygens (including phenoxy) is 1. The Hall–Kier alpha value is -3.20. The maximum absolute atomic E-state index is 13.6. The SMILES string of the molecule is CC(c1ccc(S(N)(=O)=O)cc1)N(C)CC(=O)N1c2ccccc2OCC1c1ccccc1. The van der Waals surface area contributed by atoms with Crippen molar-refractivity contribution in [2.24, 2.45) is 5.14 Å². The van der Waals surface area contributed by atoms with E-state index >= 15 is 0 Å². The highest BCUT2D eigenvalue weighted by atomic mass is 32.2. The normalized spacial score (nSPS) is 16.7. The number of anilines is 1. The predicted molar refractivity (Wildman–Crippen MR) is 127 cm³/mol. The molecule has 1 amide bonds. The molecule has 8 heteroatoms. The zero-order chi connectivity index (χ0) is 23.6. The fourth-order valence-corrected chi connectivity index (χ4v) is 4.55. The molecule has 0 radical (unpaired) electrons. The number of fused-ring (bicyclic) bond motifs is 1. The predicted octanol–water partition coefficient (Wildman–Crippen LogP) is 3.49. The van der Waals surface area contributed by atoms with Gasteiger partial charge in [0.1, 0.15) is 12.4 Å². The Morgan fingerprint density at radius 1 is 1.06 bits per heavy atom. The summed E-state index contributed by atoms with van der Waals surface area (Å²) < 4.78 is 29.0. The molecule has 0 aromatic heterocycles. The highest BCUT2D eigenvalue weighted by Gasteiger charge is 2.34. The maximum Gasteiger partial charge on any atom is 0.241 e. The molecular formula is C25H27N3O4S. The Bertz CT molecular complexity index is 1230. The second-order valence-corrected chi connectivity index (χ2v) is 9.74. The number of hydrogen-bond acceptors (Lipinski definition) is 5. The molecule has 4 rings (SSSR count). The lowest BCUT2D eigenvalue weighted by molar-refractivity contribution is -0.120. The van der Waals surface area contributed by atoms with Crippen molar-refractivity contribution in [3.8, 4) is 5.75 Å². The molecule has 0 saturated carbocycles. The Morgan fingerprint density at radius 3 is 2.36 bits per heavy atom. The molecule has 1 aliphatic rings. The third-order valence-corrected chi connectivity index (χ3v) is 6.95. The van der Waals surface area contributed by atoms with Crippen molar-refractivity contribution >= 4 is 21.6 Å². The Balaban J connectivity index is 1.57. The molecule has 2 atom stereocenters. The van der Waals surface area contributed by atoms with Gasteiger partial charge in [0.05, 0.1) is 23.2 Å². The highest BCUT2D eigenvalue weighted by molar-refractivity contribution is 7.89. The van der Waals surface area contributed by atoms with Crippen LogP contribution in [-0.4, -0.2) is 39.4 Å². The van der Waals surface area contributed by atoms with E-state index < -0.39 is 10.0 Å². The van der Waals surface area contributed by atoms with E-state index in [1.54, 1.807) is 12.1 Å². The van der Waals surface area contributed by atoms with Crippen LogP contribution in [-0.2, 0) is 14.8 Å². The van der Waals surface area contributed by atoms with E-state index in [9.17, 15) is 13.2 Å². The Labute approximate surface area is 194 Å². The molecular weight excluding hydrogens is 438 g/mol. The average molecular weight is 466 g/mol. The zero-order valence-electron chi connectivity index (χ0n) is 18.6. The van der Waals surface area contributed by atoms with Gasteiger partial charge in [0.15, 0.2) is 0 Å². The highest BCUT2D eigenvalue weighted by Crippen LogP contribution is 2.39. The summed E-state index contributed by atoms with van der Waals surface area (Å²) >= 11 is 0. The van der Waals surface area contributed by atoms with Crippen LogP contribution in [0.5, 0.6) is 5.75 Å². The molecule has 33 heavy (non-hydrogen) atoms. The second kappa shape index (κ2) is 9.35. The summed E-state index contributed by atoms with van der Waals surface area (Å²) in [6.07, 6.45) is 0. The van der Waals surface area contributed by atoms with E-state index in [4.69, 9.17) is 9.88 Å². The number of likely N-dealkylation sites (N-methyl/N-ethyl adjacent to an activating group) is 1. The number of carbonyl (C=O) groups excluding carboxylic acids is 1. The first-order valence-electron chi connectivity index (χ1n) is 10.7. The average Bonchev–Trinajstić information content (AvgIpc) is 2.82. The van der Waals surface area contributed by atoms with Crippen molar-refractivity contribution in [1.29, 1.82) is 0 Å². The summed E-state index contributed by atoms with van der Waals surface area (Å²) in [7, 11) is -1.87. The number of nitrogens with zero attached hydrogens (tertiary/aromatic N) is 2. The summed E-state index contributed by atoms with van der Waals surface area (Å²) in [6.45, 7) is 2.53. The van der Waals surface area contributed by atoms with Gasteiger partial charge in [-0.15, -0.1) is 0 Å². The minimum absolute atomic E-state index is 0.0462. The third kappa shape index (κ3) is 4.93. The number of hydrogen-bond donors (Lipinski definition) is 1. The monoisotopic (exact) mass is 465 g/mol. The van der Waals surface area contributed by atoms with Crippen LogP contribution in [0.4, 0.5) is 5.69 Å². The molecule has 3 aromatic carbocycles. The minimum atomic E-state index is -3.75. The van der Waals surface area contributed by atoms with E-state index in [-0.39, 0.29) is 29.4 Å². The van der Waals surface area contributed by atoms with Crippen LogP contribution in [0.15, 0.2) is 83.8 Å². The standard InChI is InChI=1S/C25H27N3O4S/c1-18(19-12-14-21(15-13-19)33(26,30)31)27(2)16-25(29)28-22-10-6-7-11-24(22)32-17-23(28)20-8-4-3-5-9-20/h3-15,18,23H,16-17H2,1-2H3,(H2,26,30,31). The van der Waals surface area contributed by atoms with Gasteiger partial charge >= 0.3 is 0 Å². The van der Waals surface area contributed by atoms with Gasteiger partial charge < -0.3 is 4.74 Å². The van der Waals surface area contributed by atoms with Crippen LogP contribution in [0.25, 0.3) is 0 Å². The van der Waals surface area contributed by atoms with Crippen molar-refractivity contribution in [3.05, 3.63) is 90.0 Å². The van der Waals surface area contributed by atoms with E-state index in [0.29, 0.717) is 12.4 Å². The van der Waals surface area contributed by atoms with Gasteiger partial charge in [-0.25, -0.2) is 13.6 Å². The molecule has 0 fully saturated rings. The summed E-state index contributed by atoms with van der Waals surface area (Å²) in [6, 6.07) is 23.5. The number of amides is 1. The first kappa shape index (κ1) is 23.0. The van der Waals surface area contributed by atoms with Crippen LogP contribution in [0.3, 0.4) is 0 Å². The molecule has 0 bridgehead atoms. The van der Waals surface area contributed by atoms with Crippen molar-refractivity contribution in [2.45, 2.75) is 23.9 Å². The lowest BCUT2D eigenvalue weighted by Gasteiger charge is -2.38. The van der Waals surface area contributed by atoms with E-state index in [0.717, 1.165) is 16.8 Å². The molecule has 2 unspecified atom stereocenters. The molecule has 2 N–H and O–H groups in total. The zero-order valence-corrected chi connectivity index (χ0v) is 19.4. The lowest BCUT2D eigenvalue weighted by Crippen LogP contribution is -2.45. The lowest BCUT2D eigenvalue weighted by atomic mass is 10.0. The molecule has 0 saturated heterocycles. The number of sulfonamides is 1. The van der Waals surface area contributed by atoms with Crippen LogP contribution >= 0.6 is 0 Å². The first-order chi connectivity index (χ1) is 15.8. The fourth-order valence-electron chi connectivity index (χ4n) is 4.03. The van der Waals surface area contributed by atoms with Gasteiger partial charge in [-0.3, -0.25) is 14.6 Å². The first-order valence-corrected chi connectivity index (χ1v) is 12.2. The summed E-state index contributed by atoms with van der Waals surface area (Å²) in [5, 5.41) is 5.19.